The number of carbonyl (C=O) groups excluding carboxylic acids is 1. The summed E-state index contributed by atoms with van der Waals surface area (Å²) in [5.74, 6) is -1.91. The first-order valence-corrected chi connectivity index (χ1v) is 13.3. The number of rotatable bonds is 7. The van der Waals surface area contributed by atoms with Crippen LogP contribution in [0, 0.1) is 11.6 Å². The van der Waals surface area contributed by atoms with E-state index in [4.69, 9.17) is 14.2 Å². The van der Waals surface area contributed by atoms with Crippen LogP contribution in [0.2, 0.25) is 0 Å². The summed E-state index contributed by atoms with van der Waals surface area (Å²) in [7, 11) is 4.67. The summed E-state index contributed by atoms with van der Waals surface area (Å²) in [6.07, 6.45) is 3.67. The molecule has 1 aliphatic rings. The van der Waals surface area contributed by atoms with Crippen molar-refractivity contribution in [3.63, 3.8) is 0 Å². The molecule has 0 atom stereocenters. The highest BCUT2D eigenvalue weighted by atomic mass is 19.1. The van der Waals surface area contributed by atoms with E-state index in [9.17, 15) is 4.79 Å². The van der Waals surface area contributed by atoms with Crippen LogP contribution in [0.3, 0.4) is 0 Å². The van der Waals surface area contributed by atoms with E-state index in [0.717, 1.165) is 37.8 Å². The van der Waals surface area contributed by atoms with Gasteiger partial charge in [-0.15, -0.1) is 0 Å². The Morgan fingerprint density at radius 1 is 0.952 bits per heavy atom. The van der Waals surface area contributed by atoms with E-state index in [0.29, 0.717) is 5.82 Å². The first-order valence-electron chi connectivity index (χ1n) is 13.3. The molecule has 2 aromatic heterocycles. The summed E-state index contributed by atoms with van der Waals surface area (Å²) in [6.45, 7) is 8.11. The molecule has 220 valence electrons. The van der Waals surface area contributed by atoms with Crippen LogP contribution in [0.4, 0.5) is 19.4 Å². The van der Waals surface area contributed by atoms with Crippen molar-refractivity contribution >= 4 is 22.9 Å². The summed E-state index contributed by atoms with van der Waals surface area (Å²) in [6, 6.07) is 7.53. The molecule has 0 radical (unpaired) electrons. The lowest BCUT2D eigenvalue weighted by Crippen LogP contribution is -2.57. The zero-order valence-electron chi connectivity index (χ0n) is 24.1. The number of amides is 1. The molecule has 3 heterocycles. The van der Waals surface area contributed by atoms with Crippen molar-refractivity contribution in [2.45, 2.75) is 25.9 Å². The SMILES string of the molecule is COc1cc(OC)c(F)c(-c2ccc(OC(=O)Nc3ccc(CN4CCN(C)C(C)(C)C4)cn3)c3nccnc23)c1F. The number of aromatic nitrogens is 3. The fourth-order valence-electron chi connectivity index (χ4n) is 4.99. The number of methoxy groups -OCH3 is 2. The van der Waals surface area contributed by atoms with Gasteiger partial charge in [0.05, 0.1) is 19.8 Å². The Morgan fingerprint density at radius 2 is 1.64 bits per heavy atom. The molecule has 0 bridgehead atoms. The summed E-state index contributed by atoms with van der Waals surface area (Å²) in [5.41, 5.74) is 1.04. The van der Waals surface area contributed by atoms with Crippen LogP contribution < -0.4 is 19.5 Å². The smallest absolute Gasteiger partial charge is 0.418 e. The van der Waals surface area contributed by atoms with Gasteiger partial charge >= 0.3 is 6.09 Å². The second-order valence-electron chi connectivity index (χ2n) is 10.7. The van der Waals surface area contributed by atoms with Gasteiger partial charge in [0.25, 0.3) is 0 Å². The zero-order valence-corrected chi connectivity index (χ0v) is 24.1. The Kier molecular flexibility index (Phi) is 8.19. The van der Waals surface area contributed by atoms with Gasteiger partial charge < -0.3 is 14.2 Å². The summed E-state index contributed by atoms with van der Waals surface area (Å²) >= 11 is 0. The number of hydrogen-bond acceptors (Lipinski definition) is 9. The molecular weight excluding hydrogens is 546 g/mol. The van der Waals surface area contributed by atoms with E-state index in [1.165, 1.54) is 38.7 Å². The van der Waals surface area contributed by atoms with Crippen LogP contribution in [0.1, 0.15) is 19.4 Å². The molecule has 42 heavy (non-hydrogen) atoms. The number of hydrogen-bond donors (Lipinski definition) is 1. The van der Waals surface area contributed by atoms with Crippen LogP contribution in [0.15, 0.2) is 48.9 Å². The number of nitrogens with zero attached hydrogens (tertiary/aromatic N) is 5. The van der Waals surface area contributed by atoms with Gasteiger partial charge in [-0.1, -0.05) is 6.07 Å². The van der Waals surface area contributed by atoms with E-state index in [1.54, 1.807) is 12.3 Å². The number of anilines is 1. The summed E-state index contributed by atoms with van der Waals surface area (Å²) < 4.78 is 46.1. The molecule has 1 amide bonds. The van der Waals surface area contributed by atoms with Gasteiger partial charge in [0.2, 0.25) is 0 Å². The minimum absolute atomic E-state index is 0.0457. The zero-order chi connectivity index (χ0) is 30.0. The van der Waals surface area contributed by atoms with Gasteiger partial charge in [0.15, 0.2) is 28.9 Å². The molecule has 5 rings (SSSR count). The molecule has 0 aliphatic carbocycles. The number of halogens is 2. The molecular formula is C30H32F2N6O4. The standard InChI is InChI=1S/C30H32F2N6O4/c1-30(2)17-38(13-12-37(30)3)16-18-6-9-23(35-15-18)36-29(39)42-20-8-7-19(27-28(20)34-11-10-33-27)24-25(31)21(40-4)14-22(41-5)26(24)32/h6-11,14-15H,12-13,16-17H2,1-5H3,(H,35,36,39). The predicted octanol–water partition coefficient (Wildman–Crippen LogP) is 5.12. The second kappa shape index (κ2) is 11.8. The topological polar surface area (TPSA) is 102 Å². The van der Waals surface area contributed by atoms with Crippen molar-refractivity contribution in [1.82, 2.24) is 24.8 Å². The number of nitrogens with one attached hydrogen (secondary N) is 1. The molecule has 0 unspecified atom stereocenters. The van der Waals surface area contributed by atoms with E-state index in [-0.39, 0.29) is 39.4 Å². The maximum Gasteiger partial charge on any atom is 0.418 e. The number of pyridine rings is 1. The highest BCUT2D eigenvalue weighted by Gasteiger charge is 2.31. The second-order valence-corrected chi connectivity index (χ2v) is 10.7. The molecule has 1 N–H and O–H groups in total. The number of piperazine rings is 1. The fraction of sp³-hybridized carbons (Fsp3) is 0.333. The molecule has 0 saturated carbocycles. The van der Waals surface area contributed by atoms with Crippen LogP contribution in [0.5, 0.6) is 17.2 Å². The number of likely N-dealkylation sites (N-methyl/N-ethyl adjacent to an activating group) is 1. The van der Waals surface area contributed by atoms with Crippen molar-refractivity contribution < 1.29 is 27.8 Å². The van der Waals surface area contributed by atoms with E-state index >= 15 is 8.78 Å². The minimum Gasteiger partial charge on any atom is -0.494 e. The molecule has 1 aliphatic heterocycles. The van der Waals surface area contributed by atoms with Gasteiger partial charge in [-0.05, 0) is 44.7 Å². The Bertz CT molecular complexity index is 1590. The maximum absolute atomic E-state index is 15.3. The van der Waals surface area contributed by atoms with Gasteiger partial charge in [0.1, 0.15) is 16.9 Å². The third kappa shape index (κ3) is 5.81. The van der Waals surface area contributed by atoms with E-state index in [1.807, 2.05) is 6.07 Å². The van der Waals surface area contributed by atoms with Gasteiger partial charge in [-0.25, -0.2) is 23.5 Å². The third-order valence-corrected chi connectivity index (χ3v) is 7.49. The molecule has 1 saturated heterocycles. The van der Waals surface area contributed by atoms with Gasteiger partial charge in [-0.2, -0.15) is 0 Å². The Balaban J connectivity index is 1.33. The lowest BCUT2D eigenvalue weighted by Gasteiger charge is -2.45. The largest absolute Gasteiger partial charge is 0.494 e. The monoisotopic (exact) mass is 578 g/mol. The molecule has 2 aromatic carbocycles. The first kappa shape index (κ1) is 29.1. The Hall–Kier alpha value is -4.42. The average Bonchev–Trinajstić information content (AvgIpc) is 2.97. The molecule has 1 fully saturated rings. The van der Waals surface area contributed by atoms with Crippen molar-refractivity contribution in [3.8, 4) is 28.4 Å². The number of benzene rings is 2. The quantitative estimate of drug-likeness (QED) is 0.320. The molecule has 0 spiro atoms. The normalized spacial score (nSPS) is 15.4. The third-order valence-electron chi connectivity index (χ3n) is 7.49. The highest BCUT2D eigenvalue weighted by molar-refractivity contribution is 5.97. The van der Waals surface area contributed by atoms with E-state index < -0.39 is 23.3 Å². The van der Waals surface area contributed by atoms with Gasteiger partial charge in [0, 0.05) is 61.9 Å². The molecule has 4 aromatic rings. The fourth-order valence-corrected chi connectivity index (χ4v) is 4.99. The van der Waals surface area contributed by atoms with Crippen LogP contribution >= 0.6 is 0 Å². The predicted molar refractivity (Wildman–Crippen MR) is 154 cm³/mol. The van der Waals surface area contributed by atoms with Crippen LogP contribution in [0.25, 0.3) is 22.2 Å². The van der Waals surface area contributed by atoms with Crippen LogP contribution in [-0.4, -0.2) is 77.3 Å². The average molecular weight is 579 g/mol. The number of ether oxygens (including phenoxy) is 3. The molecule has 12 heteroatoms. The maximum atomic E-state index is 15.3. The van der Waals surface area contributed by atoms with Crippen molar-refractivity contribution in [3.05, 3.63) is 66.1 Å². The van der Waals surface area contributed by atoms with Crippen LogP contribution in [-0.2, 0) is 6.54 Å². The summed E-state index contributed by atoms with van der Waals surface area (Å²) in [5, 5.41) is 2.61. The highest BCUT2D eigenvalue weighted by Crippen LogP contribution is 2.41. The number of carbonyl (C=O) groups is 1. The first-order chi connectivity index (χ1) is 20.1. The van der Waals surface area contributed by atoms with Crippen molar-refractivity contribution in [1.29, 1.82) is 0 Å². The molecule has 10 nitrogen and oxygen atoms in total. The van der Waals surface area contributed by atoms with Crippen molar-refractivity contribution in [2.75, 3.05) is 46.2 Å². The Labute approximate surface area is 242 Å². The van der Waals surface area contributed by atoms with Crippen molar-refractivity contribution in [2.24, 2.45) is 0 Å². The lowest BCUT2D eigenvalue weighted by atomic mass is 9.99. The Morgan fingerprint density at radius 3 is 2.26 bits per heavy atom. The summed E-state index contributed by atoms with van der Waals surface area (Å²) in [4.78, 5) is 30.4. The lowest BCUT2D eigenvalue weighted by molar-refractivity contribution is 0.0359. The minimum atomic E-state index is -0.931. The van der Waals surface area contributed by atoms with E-state index in [2.05, 4.69) is 51.0 Å². The number of fused-ring (bicyclic) bond motifs is 1. The van der Waals surface area contributed by atoms with Gasteiger partial charge in [-0.3, -0.25) is 20.1 Å².